The summed E-state index contributed by atoms with van der Waals surface area (Å²) in [6, 6.07) is 16.4. The Morgan fingerprint density at radius 2 is 1.81 bits per heavy atom. The van der Waals surface area contributed by atoms with Crippen LogP contribution in [-0.2, 0) is 17.8 Å². The number of hydrogen-bond acceptors (Lipinski definition) is 4. The average Bonchev–Trinajstić information content (AvgIpc) is 3.09. The minimum Gasteiger partial charge on any atom is -0.349 e. The minimum atomic E-state index is 0.0145. The molecule has 0 atom stereocenters. The summed E-state index contributed by atoms with van der Waals surface area (Å²) >= 11 is 1.54. The van der Waals surface area contributed by atoms with Crippen LogP contribution in [-0.4, -0.2) is 26.9 Å². The highest BCUT2D eigenvalue weighted by Gasteiger charge is 2.15. The fourth-order valence-electron chi connectivity index (χ4n) is 2.88. The standard InChI is InChI=1S/C21H24N4OS/c1-15-8-10-17(11-9-15)12-13-20(26)22-14-19-23-24-21(27-3)25(19)18-7-5-4-6-16(18)2/h4-11H,12-14H2,1-3H3,(H,22,26). The first-order valence-electron chi connectivity index (χ1n) is 8.95. The van der Waals surface area contributed by atoms with E-state index in [4.69, 9.17) is 0 Å². The molecular weight excluding hydrogens is 356 g/mol. The molecule has 0 spiro atoms. The van der Waals surface area contributed by atoms with Crippen LogP contribution < -0.4 is 5.32 Å². The van der Waals surface area contributed by atoms with Crippen LogP contribution in [0.1, 0.15) is 28.9 Å². The first kappa shape index (κ1) is 19.2. The van der Waals surface area contributed by atoms with Gasteiger partial charge in [-0.25, -0.2) is 0 Å². The number of aryl methyl sites for hydroxylation is 3. The van der Waals surface area contributed by atoms with E-state index in [2.05, 4.69) is 59.7 Å². The predicted molar refractivity (Wildman–Crippen MR) is 109 cm³/mol. The highest BCUT2D eigenvalue weighted by molar-refractivity contribution is 7.98. The van der Waals surface area contributed by atoms with Gasteiger partial charge < -0.3 is 5.32 Å². The molecule has 1 N–H and O–H groups in total. The van der Waals surface area contributed by atoms with Gasteiger partial charge in [-0.05, 0) is 43.7 Å². The maximum absolute atomic E-state index is 12.3. The number of nitrogens with one attached hydrogen (secondary N) is 1. The number of amides is 1. The zero-order valence-corrected chi connectivity index (χ0v) is 16.7. The van der Waals surface area contributed by atoms with Crippen LogP contribution in [0.5, 0.6) is 0 Å². The van der Waals surface area contributed by atoms with Crippen molar-refractivity contribution in [3.8, 4) is 5.69 Å². The lowest BCUT2D eigenvalue weighted by molar-refractivity contribution is -0.121. The van der Waals surface area contributed by atoms with Crippen molar-refractivity contribution < 1.29 is 4.79 Å². The van der Waals surface area contributed by atoms with Gasteiger partial charge in [0.1, 0.15) is 0 Å². The van der Waals surface area contributed by atoms with Gasteiger partial charge in [-0.3, -0.25) is 9.36 Å². The molecule has 1 aromatic heterocycles. The van der Waals surface area contributed by atoms with Crippen molar-refractivity contribution in [2.75, 3.05) is 6.26 Å². The first-order valence-corrected chi connectivity index (χ1v) is 10.2. The Balaban J connectivity index is 1.66. The average molecular weight is 381 g/mol. The summed E-state index contributed by atoms with van der Waals surface area (Å²) in [6.45, 7) is 4.47. The van der Waals surface area contributed by atoms with Crippen LogP contribution in [0.3, 0.4) is 0 Å². The van der Waals surface area contributed by atoms with Crippen LogP contribution in [0.15, 0.2) is 53.7 Å². The van der Waals surface area contributed by atoms with Gasteiger partial charge in [0.05, 0.1) is 12.2 Å². The molecule has 0 bridgehead atoms. The van der Waals surface area contributed by atoms with Crippen molar-refractivity contribution in [2.24, 2.45) is 0 Å². The molecule has 140 valence electrons. The van der Waals surface area contributed by atoms with Gasteiger partial charge in [-0.15, -0.1) is 10.2 Å². The van der Waals surface area contributed by atoms with Gasteiger partial charge >= 0.3 is 0 Å². The Labute approximate surface area is 164 Å². The summed E-state index contributed by atoms with van der Waals surface area (Å²) < 4.78 is 2.01. The van der Waals surface area contributed by atoms with Gasteiger partial charge in [0.15, 0.2) is 11.0 Å². The molecule has 0 aliphatic heterocycles. The topological polar surface area (TPSA) is 59.8 Å². The summed E-state index contributed by atoms with van der Waals surface area (Å²) in [5.41, 5.74) is 4.57. The molecule has 6 heteroatoms. The Morgan fingerprint density at radius 1 is 1.07 bits per heavy atom. The molecule has 0 fully saturated rings. The summed E-state index contributed by atoms with van der Waals surface area (Å²) in [5, 5.41) is 12.3. The molecule has 0 saturated carbocycles. The van der Waals surface area contributed by atoms with Gasteiger partial charge in [0.25, 0.3) is 0 Å². The number of nitrogens with zero attached hydrogens (tertiary/aromatic N) is 3. The summed E-state index contributed by atoms with van der Waals surface area (Å²) in [6.07, 6.45) is 3.16. The second-order valence-corrected chi connectivity index (χ2v) is 7.26. The highest BCUT2D eigenvalue weighted by atomic mass is 32.2. The zero-order chi connectivity index (χ0) is 19.2. The van der Waals surface area contributed by atoms with Crippen LogP contribution in [0.4, 0.5) is 0 Å². The zero-order valence-electron chi connectivity index (χ0n) is 15.9. The van der Waals surface area contributed by atoms with Crippen molar-refractivity contribution >= 4 is 17.7 Å². The van der Waals surface area contributed by atoms with E-state index in [0.717, 1.165) is 28.7 Å². The lowest BCUT2D eigenvalue weighted by Crippen LogP contribution is -2.25. The molecule has 1 amide bonds. The molecule has 0 saturated heterocycles. The number of carbonyl (C=O) groups excluding carboxylic acids is 1. The van der Waals surface area contributed by atoms with E-state index in [1.54, 1.807) is 0 Å². The smallest absolute Gasteiger partial charge is 0.220 e. The maximum atomic E-state index is 12.3. The van der Waals surface area contributed by atoms with Crippen molar-refractivity contribution in [3.63, 3.8) is 0 Å². The summed E-state index contributed by atoms with van der Waals surface area (Å²) in [5.74, 6) is 0.748. The van der Waals surface area contributed by atoms with Gasteiger partial charge in [-0.1, -0.05) is 59.8 Å². The molecule has 27 heavy (non-hydrogen) atoms. The van der Waals surface area contributed by atoms with E-state index in [1.807, 2.05) is 29.0 Å². The summed E-state index contributed by atoms with van der Waals surface area (Å²) in [7, 11) is 0. The van der Waals surface area contributed by atoms with E-state index in [1.165, 1.54) is 22.9 Å². The van der Waals surface area contributed by atoms with E-state index >= 15 is 0 Å². The Morgan fingerprint density at radius 3 is 2.52 bits per heavy atom. The van der Waals surface area contributed by atoms with Gasteiger partial charge in [0, 0.05) is 6.42 Å². The fraction of sp³-hybridized carbons (Fsp3) is 0.286. The molecular formula is C21H24N4OS. The van der Waals surface area contributed by atoms with Crippen LogP contribution in [0.25, 0.3) is 5.69 Å². The van der Waals surface area contributed by atoms with E-state index < -0.39 is 0 Å². The third kappa shape index (κ3) is 4.77. The molecule has 3 aromatic rings. The van der Waals surface area contributed by atoms with Gasteiger partial charge in [-0.2, -0.15) is 0 Å². The van der Waals surface area contributed by atoms with Crippen molar-refractivity contribution in [1.82, 2.24) is 20.1 Å². The largest absolute Gasteiger partial charge is 0.349 e. The predicted octanol–water partition coefficient (Wildman–Crippen LogP) is 3.86. The molecule has 2 aromatic carbocycles. The molecule has 0 unspecified atom stereocenters. The van der Waals surface area contributed by atoms with E-state index in [-0.39, 0.29) is 5.91 Å². The second kappa shape index (κ2) is 8.86. The molecule has 0 radical (unpaired) electrons. The monoisotopic (exact) mass is 380 g/mol. The second-order valence-electron chi connectivity index (χ2n) is 6.49. The first-order chi connectivity index (χ1) is 13.1. The SMILES string of the molecule is CSc1nnc(CNC(=O)CCc2ccc(C)cc2)n1-c1ccccc1C. The number of aromatic nitrogens is 3. The Hall–Kier alpha value is -2.60. The number of hydrogen-bond donors (Lipinski definition) is 1. The maximum Gasteiger partial charge on any atom is 0.220 e. The number of thioether (sulfide) groups is 1. The molecule has 0 aliphatic rings. The quantitative estimate of drug-likeness (QED) is 0.633. The Bertz CT molecular complexity index is 918. The van der Waals surface area contributed by atoms with Crippen LogP contribution in [0, 0.1) is 13.8 Å². The lowest BCUT2D eigenvalue weighted by Gasteiger charge is -2.12. The number of carbonyl (C=O) groups is 1. The molecule has 3 rings (SSSR count). The van der Waals surface area contributed by atoms with E-state index in [9.17, 15) is 4.79 Å². The lowest BCUT2D eigenvalue weighted by atomic mass is 10.1. The minimum absolute atomic E-state index is 0.0145. The normalized spacial score (nSPS) is 10.8. The number of benzene rings is 2. The van der Waals surface area contributed by atoms with Crippen LogP contribution >= 0.6 is 11.8 Å². The molecule has 1 heterocycles. The van der Waals surface area contributed by atoms with Crippen molar-refractivity contribution in [1.29, 1.82) is 0 Å². The number of para-hydroxylation sites is 1. The van der Waals surface area contributed by atoms with Crippen molar-refractivity contribution in [3.05, 3.63) is 71.0 Å². The highest BCUT2D eigenvalue weighted by Crippen LogP contribution is 2.22. The Kier molecular flexibility index (Phi) is 6.29. The third-order valence-corrected chi connectivity index (χ3v) is 5.07. The van der Waals surface area contributed by atoms with Crippen LogP contribution in [0.2, 0.25) is 0 Å². The molecule has 5 nitrogen and oxygen atoms in total. The van der Waals surface area contributed by atoms with Gasteiger partial charge in [0.2, 0.25) is 5.91 Å². The fourth-order valence-corrected chi connectivity index (χ4v) is 3.39. The summed E-state index contributed by atoms with van der Waals surface area (Å²) in [4.78, 5) is 12.3. The third-order valence-electron chi connectivity index (χ3n) is 4.44. The number of rotatable bonds is 7. The molecule has 0 aliphatic carbocycles. The van der Waals surface area contributed by atoms with Crippen molar-refractivity contribution in [2.45, 2.75) is 38.4 Å². The van der Waals surface area contributed by atoms with E-state index in [0.29, 0.717) is 13.0 Å².